The van der Waals surface area contributed by atoms with Crippen molar-refractivity contribution in [1.29, 1.82) is 0 Å². The number of amides is 1. The highest BCUT2D eigenvalue weighted by atomic mass is 32.2. The summed E-state index contributed by atoms with van der Waals surface area (Å²) in [6, 6.07) is 4.87. The molecule has 1 aliphatic heterocycles. The summed E-state index contributed by atoms with van der Waals surface area (Å²) < 4.78 is 35.9. The van der Waals surface area contributed by atoms with Crippen molar-refractivity contribution in [3.63, 3.8) is 0 Å². The second-order valence-corrected chi connectivity index (χ2v) is 8.35. The molecule has 0 bridgehead atoms. The molecule has 2 atom stereocenters. The van der Waals surface area contributed by atoms with Crippen molar-refractivity contribution in [3.05, 3.63) is 29.3 Å². The zero-order valence-corrected chi connectivity index (χ0v) is 15.2. The number of hydrogen-bond donors (Lipinski definition) is 1. The Balaban J connectivity index is 2.08. The van der Waals surface area contributed by atoms with E-state index < -0.39 is 10.0 Å². The van der Waals surface area contributed by atoms with Gasteiger partial charge >= 0.3 is 0 Å². The number of methoxy groups -OCH3 is 1. The summed E-state index contributed by atoms with van der Waals surface area (Å²) in [5, 5.41) is 2.88. The van der Waals surface area contributed by atoms with Gasteiger partial charge in [0, 0.05) is 25.6 Å². The van der Waals surface area contributed by atoms with Crippen LogP contribution in [0.4, 0.5) is 0 Å². The van der Waals surface area contributed by atoms with Crippen LogP contribution in [0.3, 0.4) is 0 Å². The number of hydrogen-bond acceptors (Lipinski definition) is 5. The normalized spacial score (nSPS) is 21.0. The van der Waals surface area contributed by atoms with Crippen LogP contribution in [-0.4, -0.2) is 64.8 Å². The van der Waals surface area contributed by atoms with Crippen LogP contribution >= 0.6 is 0 Å². The van der Waals surface area contributed by atoms with E-state index in [2.05, 4.69) is 5.32 Å². The summed E-state index contributed by atoms with van der Waals surface area (Å²) in [5.41, 5.74) is 1.41. The molecule has 1 saturated heterocycles. The highest BCUT2D eigenvalue weighted by Gasteiger charge is 2.34. The van der Waals surface area contributed by atoms with Crippen molar-refractivity contribution >= 4 is 15.9 Å². The van der Waals surface area contributed by atoms with Crippen LogP contribution in [0.5, 0.6) is 5.75 Å². The minimum Gasteiger partial charge on any atom is -0.496 e. The van der Waals surface area contributed by atoms with Gasteiger partial charge in [0.25, 0.3) is 5.91 Å². The Labute approximate surface area is 143 Å². The van der Waals surface area contributed by atoms with E-state index in [9.17, 15) is 13.2 Å². The number of carbonyl (C=O) groups is 1. The third-order valence-electron chi connectivity index (χ3n) is 4.17. The molecule has 24 heavy (non-hydrogen) atoms. The van der Waals surface area contributed by atoms with Crippen LogP contribution in [0.15, 0.2) is 18.2 Å². The molecule has 0 saturated carbocycles. The van der Waals surface area contributed by atoms with Crippen LogP contribution in [-0.2, 0) is 14.8 Å². The first-order valence-corrected chi connectivity index (χ1v) is 9.29. The lowest BCUT2D eigenvalue weighted by Crippen LogP contribution is -2.43. The van der Waals surface area contributed by atoms with Gasteiger partial charge in [-0.25, -0.2) is 12.7 Å². The van der Waals surface area contributed by atoms with Gasteiger partial charge in [0.1, 0.15) is 5.75 Å². The molecule has 8 heteroatoms. The van der Waals surface area contributed by atoms with Crippen molar-refractivity contribution in [2.45, 2.75) is 13.0 Å². The first-order valence-electron chi connectivity index (χ1n) is 7.68. The van der Waals surface area contributed by atoms with Gasteiger partial charge in [0.15, 0.2) is 0 Å². The van der Waals surface area contributed by atoms with Gasteiger partial charge in [-0.15, -0.1) is 0 Å². The summed E-state index contributed by atoms with van der Waals surface area (Å²) in [7, 11) is 1.20. The van der Waals surface area contributed by atoms with E-state index in [4.69, 9.17) is 9.47 Å². The molecule has 134 valence electrons. The monoisotopic (exact) mass is 356 g/mol. The van der Waals surface area contributed by atoms with Crippen molar-refractivity contribution in [3.8, 4) is 5.75 Å². The summed E-state index contributed by atoms with van der Waals surface area (Å²) in [5.74, 6) is 0.0455. The SMILES string of the molecule is COc1cc(C(=O)N[C@@H]2COC[C@H]2CS(=O)(=O)N(C)C)ccc1C. The molecule has 0 radical (unpaired) electrons. The average molecular weight is 356 g/mol. The maximum atomic E-state index is 12.4. The Morgan fingerprint density at radius 3 is 2.71 bits per heavy atom. The fourth-order valence-corrected chi connectivity index (χ4v) is 3.72. The predicted octanol–water partition coefficient (Wildman–Crippen LogP) is 0.640. The fourth-order valence-electron chi connectivity index (χ4n) is 2.55. The van der Waals surface area contributed by atoms with E-state index in [0.717, 1.165) is 5.56 Å². The maximum absolute atomic E-state index is 12.4. The Hall–Kier alpha value is -1.64. The molecule has 7 nitrogen and oxygen atoms in total. The minimum atomic E-state index is -3.35. The number of carbonyl (C=O) groups excluding carboxylic acids is 1. The molecule has 1 aromatic carbocycles. The molecule has 1 amide bonds. The molecular weight excluding hydrogens is 332 g/mol. The van der Waals surface area contributed by atoms with Crippen LogP contribution in [0.1, 0.15) is 15.9 Å². The quantitative estimate of drug-likeness (QED) is 0.809. The van der Waals surface area contributed by atoms with Crippen molar-refractivity contribution in [2.24, 2.45) is 5.92 Å². The predicted molar refractivity (Wildman–Crippen MR) is 90.8 cm³/mol. The van der Waals surface area contributed by atoms with E-state index in [1.807, 2.05) is 13.0 Å². The second kappa shape index (κ2) is 7.50. The molecule has 1 aromatic rings. The Morgan fingerprint density at radius 1 is 1.38 bits per heavy atom. The lowest BCUT2D eigenvalue weighted by atomic mass is 10.1. The molecule has 1 aliphatic rings. The van der Waals surface area contributed by atoms with E-state index in [-0.39, 0.29) is 23.6 Å². The van der Waals surface area contributed by atoms with Gasteiger partial charge in [-0.05, 0) is 24.6 Å². The lowest BCUT2D eigenvalue weighted by molar-refractivity contribution is 0.0925. The van der Waals surface area contributed by atoms with Crippen molar-refractivity contribution in [1.82, 2.24) is 9.62 Å². The standard InChI is InChI=1S/C16H24N2O5S/c1-11-5-6-12(7-15(11)22-4)16(19)17-14-9-23-8-13(14)10-24(20,21)18(2)3/h5-7,13-14H,8-10H2,1-4H3,(H,17,19)/t13-,14+/m0/s1. The third kappa shape index (κ3) is 4.25. The zero-order chi connectivity index (χ0) is 17.9. The maximum Gasteiger partial charge on any atom is 0.251 e. The molecule has 0 aromatic heterocycles. The second-order valence-electron chi connectivity index (χ2n) is 6.12. The molecule has 0 spiro atoms. The van der Waals surface area contributed by atoms with E-state index >= 15 is 0 Å². The van der Waals surface area contributed by atoms with E-state index in [1.165, 1.54) is 18.4 Å². The number of nitrogens with one attached hydrogen (secondary N) is 1. The highest BCUT2D eigenvalue weighted by molar-refractivity contribution is 7.89. The molecule has 1 fully saturated rings. The first kappa shape index (κ1) is 18.7. The van der Waals surface area contributed by atoms with Gasteiger partial charge in [-0.1, -0.05) is 6.07 Å². The highest BCUT2D eigenvalue weighted by Crippen LogP contribution is 2.21. The van der Waals surface area contributed by atoms with Gasteiger partial charge in [0.2, 0.25) is 10.0 Å². The first-order chi connectivity index (χ1) is 11.2. The van der Waals surface area contributed by atoms with Crippen molar-refractivity contribution < 1.29 is 22.7 Å². The summed E-state index contributed by atoms with van der Waals surface area (Å²) in [4.78, 5) is 12.4. The number of benzene rings is 1. The van der Waals surface area contributed by atoms with Gasteiger partial charge in [0.05, 0.1) is 32.1 Å². The largest absolute Gasteiger partial charge is 0.496 e. The molecule has 0 aliphatic carbocycles. The van der Waals surface area contributed by atoms with Gasteiger partial charge < -0.3 is 14.8 Å². The van der Waals surface area contributed by atoms with Crippen LogP contribution in [0.25, 0.3) is 0 Å². The van der Waals surface area contributed by atoms with Crippen LogP contribution in [0.2, 0.25) is 0 Å². The molecule has 0 unspecified atom stereocenters. The summed E-state index contributed by atoms with van der Waals surface area (Å²) >= 11 is 0. The molecule has 2 rings (SSSR count). The number of nitrogens with zero attached hydrogens (tertiary/aromatic N) is 1. The topological polar surface area (TPSA) is 84.9 Å². The number of sulfonamides is 1. The molecule has 1 heterocycles. The smallest absolute Gasteiger partial charge is 0.251 e. The number of ether oxygens (including phenoxy) is 2. The Morgan fingerprint density at radius 2 is 2.08 bits per heavy atom. The van der Waals surface area contributed by atoms with E-state index in [1.54, 1.807) is 19.2 Å². The summed E-state index contributed by atoms with van der Waals surface area (Å²) in [6.45, 7) is 2.52. The Kier molecular flexibility index (Phi) is 5.84. The van der Waals surface area contributed by atoms with Crippen LogP contribution in [0, 0.1) is 12.8 Å². The molecule has 1 N–H and O–H groups in total. The van der Waals surface area contributed by atoms with Gasteiger partial charge in [-0.3, -0.25) is 4.79 Å². The average Bonchev–Trinajstić information content (AvgIpc) is 2.93. The minimum absolute atomic E-state index is 0.0534. The number of aryl methyl sites for hydroxylation is 1. The third-order valence-corrected chi connectivity index (χ3v) is 6.13. The van der Waals surface area contributed by atoms with Crippen molar-refractivity contribution in [2.75, 3.05) is 40.2 Å². The zero-order valence-electron chi connectivity index (χ0n) is 14.4. The summed E-state index contributed by atoms with van der Waals surface area (Å²) in [6.07, 6.45) is 0. The van der Waals surface area contributed by atoms with Gasteiger partial charge in [-0.2, -0.15) is 0 Å². The lowest BCUT2D eigenvalue weighted by Gasteiger charge is -2.21. The van der Waals surface area contributed by atoms with Crippen LogP contribution < -0.4 is 10.1 Å². The fraction of sp³-hybridized carbons (Fsp3) is 0.562. The Bertz CT molecular complexity index is 702. The number of rotatable bonds is 6. The molecular formula is C16H24N2O5S. The van der Waals surface area contributed by atoms with E-state index in [0.29, 0.717) is 24.5 Å².